The van der Waals surface area contributed by atoms with Crippen LogP contribution in [-0.2, 0) is 37.0 Å². The quantitative estimate of drug-likeness (QED) is 0.382. The van der Waals surface area contributed by atoms with Crippen molar-refractivity contribution in [2.24, 2.45) is 11.3 Å². The van der Waals surface area contributed by atoms with Gasteiger partial charge in [-0.15, -0.1) is 0 Å². The van der Waals surface area contributed by atoms with Crippen LogP contribution in [0, 0.1) is 11.3 Å². The lowest BCUT2D eigenvalue weighted by Gasteiger charge is -2.27. The van der Waals surface area contributed by atoms with Crippen molar-refractivity contribution in [2.75, 3.05) is 32.9 Å². The number of carbonyl (C=O) groups is 3. The maximum Gasteiger partial charge on any atom is 0.490 e. The highest BCUT2D eigenvalue weighted by molar-refractivity contribution is 5.73. The summed E-state index contributed by atoms with van der Waals surface area (Å²) in [5.74, 6) is -7.70. The van der Waals surface area contributed by atoms with Crippen molar-refractivity contribution in [1.82, 2.24) is 14.9 Å². The Kier molecular flexibility index (Phi) is 14.6. The van der Waals surface area contributed by atoms with Gasteiger partial charge in [0.2, 0.25) is 0 Å². The first-order valence-corrected chi connectivity index (χ1v) is 12.2. The van der Waals surface area contributed by atoms with Crippen LogP contribution >= 0.6 is 0 Å². The van der Waals surface area contributed by atoms with Crippen LogP contribution in [0.2, 0.25) is 0 Å². The molecule has 3 N–H and O–H groups in total. The Bertz CT molecular complexity index is 1160. The van der Waals surface area contributed by atoms with Crippen molar-refractivity contribution in [2.45, 2.75) is 31.7 Å². The Hall–Kier alpha value is -4.04. The SMILES string of the molecule is O=C(O)C(F)(F)F.O=C(O)C(F)(F)F.O=C(O)C(F)(F)F.c1cc(COC[C@]23COC[C@H]2CN(Cc2ccncc2)C3)ccn1. The van der Waals surface area contributed by atoms with Crippen LogP contribution in [0.4, 0.5) is 39.5 Å². The zero-order valence-electron chi connectivity index (χ0n) is 22.8. The molecule has 2 saturated heterocycles. The summed E-state index contributed by atoms with van der Waals surface area (Å²) in [7, 11) is 0. The zero-order chi connectivity index (χ0) is 34.5. The normalized spacial score (nSPS) is 19.4. The molecule has 0 bridgehead atoms. The number of pyridine rings is 2. The second kappa shape index (κ2) is 16.9. The molecule has 252 valence electrons. The Morgan fingerprint density at radius 1 is 0.800 bits per heavy atom. The van der Waals surface area contributed by atoms with Crippen LogP contribution in [0.15, 0.2) is 49.1 Å². The topological polar surface area (TPSA) is 159 Å². The molecule has 2 aliphatic rings. The van der Waals surface area contributed by atoms with Gasteiger partial charge in [-0.3, -0.25) is 14.9 Å². The highest BCUT2D eigenvalue weighted by Gasteiger charge is 2.50. The number of alkyl halides is 9. The van der Waals surface area contributed by atoms with E-state index in [9.17, 15) is 39.5 Å². The van der Waals surface area contributed by atoms with Crippen LogP contribution in [0.3, 0.4) is 0 Å². The number of ether oxygens (including phenoxy) is 2. The summed E-state index contributed by atoms with van der Waals surface area (Å²) in [6, 6.07) is 8.20. The lowest BCUT2D eigenvalue weighted by atomic mass is 9.82. The molecule has 20 heteroatoms. The summed E-state index contributed by atoms with van der Waals surface area (Å²) >= 11 is 0. The maximum atomic E-state index is 10.6. The summed E-state index contributed by atoms with van der Waals surface area (Å²) in [5, 5.41) is 21.4. The highest BCUT2D eigenvalue weighted by Crippen LogP contribution is 2.42. The fraction of sp³-hybridized carbons (Fsp3) is 0.480. The van der Waals surface area contributed by atoms with Crippen LogP contribution in [0.25, 0.3) is 0 Å². The Balaban J connectivity index is 0.000000396. The zero-order valence-corrected chi connectivity index (χ0v) is 22.8. The standard InChI is InChI=1S/C19H23N3O2.3C2HF3O2/c1-5-20-6-2-16(1)9-22-10-18-12-24-15-19(18,13-22)14-23-11-17-3-7-21-8-4-17;3*3-2(4,5)1(6)7/h1-8,18H,9-15H2;3*(H,6,7)/t18-,19-;;;/m1.../s1. The molecule has 4 rings (SSSR count). The van der Waals surface area contributed by atoms with E-state index in [1.54, 1.807) is 0 Å². The number of aliphatic carboxylic acids is 3. The molecule has 2 fully saturated rings. The number of fused-ring (bicyclic) bond motifs is 1. The van der Waals surface area contributed by atoms with E-state index in [1.807, 2.05) is 36.9 Å². The number of halogens is 9. The van der Waals surface area contributed by atoms with Crippen molar-refractivity contribution < 1.29 is 78.7 Å². The fourth-order valence-corrected chi connectivity index (χ4v) is 3.86. The summed E-state index contributed by atoms with van der Waals surface area (Å²) in [4.78, 5) is 37.4. The minimum Gasteiger partial charge on any atom is -0.475 e. The molecule has 0 unspecified atom stereocenters. The third-order valence-corrected chi connectivity index (χ3v) is 5.88. The van der Waals surface area contributed by atoms with Crippen LogP contribution in [-0.4, -0.2) is 99.5 Å². The predicted molar refractivity (Wildman–Crippen MR) is 131 cm³/mol. The van der Waals surface area contributed by atoms with E-state index in [2.05, 4.69) is 27.0 Å². The number of hydrogen-bond acceptors (Lipinski definition) is 8. The van der Waals surface area contributed by atoms with Crippen molar-refractivity contribution >= 4 is 17.9 Å². The molecule has 11 nitrogen and oxygen atoms in total. The molecular formula is C25H26F9N3O8. The van der Waals surface area contributed by atoms with Gasteiger partial charge in [0.1, 0.15) is 0 Å². The molecule has 0 aromatic carbocycles. The smallest absolute Gasteiger partial charge is 0.475 e. The molecule has 2 atom stereocenters. The molecular weight excluding hydrogens is 641 g/mol. The molecule has 0 radical (unpaired) electrons. The largest absolute Gasteiger partial charge is 0.490 e. The molecule has 4 heterocycles. The lowest BCUT2D eigenvalue weighted by molar-refractivity contribution is -0.193. The van der Waals surface area contributed by atoms with E-state index < -0.39 is 36.4 Å². The van der Waals surface area contributed by atoms with Crippen molar-refractivity contribution in [1.29, 1.82) is 0 Å². The summed E-state index contributed by atoms with van der Waals surface area (Å²) in [6.07, 6.45) is -7.90. The monoisotopic (exact) mass is 667 g/mol. The number of carboxylic acid groups (broad SMARTS) is 3. The highest BCUT2D eigenvalue weighted by atomic mass is 19.4. The molecule has 0 saturated carbocycles. The molecule has 45 heavy (non-hydrogen) atoms. The van der Waals surface area contributed by atoms with Crippen molar-refractivity contribution in [3.8, 4) is 0 Å². The number of carboxylic acids is 3. The fourth-order valence-electron chi connectivity index (χ4n) is 3.86. The minimum atomic E-state index is -5.08. The maximum absolute atomic E-state index is 10.6. The summed E-state index contributed by atoms with van der Waals surface area (Å²) in [5.41, 5.74) is 2.63. The number of likely N-dealkylation sites (tertiary alicyclic amines) is 1. The third-order valence-electron chi connectivity index (χ3n) is 5.88. The van der Waals surface area contributed by atoms with Gasteiger partial charge in [0.15, 0.2) is 0 Å². The third kappa shape index (κ3) is 14.5. The first-order valence-electron chi connectivity index (χ1n) is 12.2. The molecule has 0 spiro atoms. The number of hydrogen-bond donors (Lipinski definition) is 3. The lowest BCUT2D eigenvalue weighted by Crippen LogP contribution is -2.35. The second-order valence-corrected chi connectivity index (χ2v) is 9.36. The Morgan fingerprint density at radius 2 is 1.20 bits per heavy atom. The first-order chi connectivity index (χ1) is 20.7. The van der Waals surface area contributed by atoms with Gasteiger partial charge in [-0.2, -0.15) is 39.5 Å². The van der Waals surface area contributed by atoms with Gasteiger partial charge in [-0.1, -0.05) is 0 Å². The average molecular weight is 667 g/mol. The minimum absolute atomic E-state index is 0.139. The van der Waals surface area contributed by atoms with E-state index in [0.717, 1.165) is 39.5 Å². The summed E-state index contributed by atoms with van der Waals surface area (Å²) in [6.45, 7) is 6.16. The van der Waals surface area contributed by atoms with Crippen molar-refractivity contribution in [3.05, 3.63) is 60.2 Å². The number of rotatable bonds is 6. The summed E-state index contributed by atoms with van der Waals surface area (Å²) < 4.78 is 107. The van der Waals surface area contributed by atoms with Crippen LogP contribution < -0.4 is 0 Å². The number of nitrogens with zero attached hydrogens (tertiary/aromatic N) is 3. The average Bonchev–Trinajstić information content (AvgIpc) is 3.46. The molecule has 0 amide bonds. The first kappa shape index (κ1) is 39.0. The molecule has 0 aliphatic carbocycles. The predicted octanol–water partition coefficient (Wildman–Crippen LogP) is 4.04. The van der Waals surface area contributed by atoms with Crippen LogP contribution in [0.5, 0.6) is 0 Å². The van der Waals surface area contributed by atoms with Crippen molar-refractivity contribution in [3.63, 3.8) is 0 Å². The van der Waals surface area contributed by atoms with Gasteiger partial charge in [0, 0.05) is 55.8 Å². The van der Waals surface area contributed by atoms with E-state index in [1.165, 1.54) is 11.1 Å². The van der Waals surface area contributed by atoms with E-state index in [-0.39, 0.29) is 5.41 Å². The van der Waals surface area contributed by atoms with Gasteiger partial charge < -0.3 is 24.8 Å². The Morgan fingerprint density at radius 3 is 1.60 bits per heavy atom. The molecule has 2 aliphatic heterocycles. The van der Waals surface area contributed by atoms with Gasteiger partial charge in [0.25, 0.3) is 0 Å². The van der Waals surface area contributed by atoms with E-state index >= 15 is 0 Å². The van der Waals surface area contributed by atoms with E-state index in [4.69, 9.17) is 39.2 Å². The Labute approximate surface area is 248 Å². The van der Waals surface area contributed by atoms with Crippen LogP contribution in [0.1, 0.15) is 11.1 Å². The van der Waals surface area contributed by atoms with E-state index in [0.29, 0.717) is 12.5 Å². The second-order valence-electron chi connectivity index (χ2n) is 9.36. The molecule has 2 aromatic rings. The van der Waals surface area contributed by atoms with Gasteiger partial charge in [-0.25, -0.2) is 14.4 Å². The van der Waals surface area contributed by atoms with Gasteiger partial charge in [0.05, 0.1) is 26.4 Å². The molecule has 2 aromatic heterocycles. The van der Waals surface area contributed by atoms with Gasteiger partial charge in [-0.05, 0) is 35.4 Å². The number of aromatic nitrogens is 2. The van der Waals surface area contributed by atoms with Gasteiger partial charge >= 0.3 is 36.4 Å².